The van der Waals surface area contributed by atoms with Gasteiger partial charge in [-0.2, -0.15) is 0 Å². The Bertz CT molecular complexity index is 661. The Morgan fingerprint density at radius 3 is 2.27 bits per heavy atom. The van der Waals surface area contributed by atoms with Crippen LogP contribution >= 0.6 is 0 Å². The molecule has 30 heavy (non-hydrogen) atoms. The highest BCUT2D eigenvalue weighted by Gasteiger charge is 2.66. The van der Waals surface area contributed by atoms with E-state index in [0.717, 1.165) is 36.0 Å². The molecule has 4 saturated carbocycles. The van der Waals surface area contributed by atoms with E-state index in [1.165, 1.54) is 63.4 Å². The van der Waals surface area contributed by atoms with E-state index in [9.17, 15) is 5.11 Å². The van der Waals surface area contributed by atoms with E-state index >= 15 is 0 Å². The molecule has 4 rings (SSSR count). The number of fused-ring (bicyclic) bond motifs is 5. The molecule has 0 heterocycles. The van der Waals surface area contributed by atoms with E-state index in [4.69, 9.17) is 0 Å². The van der Waals surface area contributed by atoms with Crippen molar-refractivity contribution >= 4 is 0 Å². The molecule has 0 spiro atoms. The van der Waals surface area contributed by atoms with Crippen LogP contribution in [0.2, 0.25) is 0 Å². The molecule has 1 heteroatoms. The lowest BCUT2D eigenvalue weighted by molar-refractivity contribution is -0.179. The minimum absolute atomic E-state index is 0.0541. The summed E-state index contributed by atoms with van der Waals surface area (Å²) in [6.07, 6.45) is 15.9. The number of hydrogen-bond acceptors (Lipinski definition) is 1. The van der Waals surface area contributed by atoms with Gasteiger partial charge in [-0.25, -0.2) is 0 Å². The van der Waals surface area contributed by atoms with Crippen molar-refractivity contribution in [1.82, 2.24) is 0 Å². The summed E-state index contributed by atoms with van der Waals surface area (Å²) in [5, 5.41) is 10.6. The zero-order chi connectivity index (χ0) is 21.9. The normalized spacial score (nSPS) is 51.5. The maximum absolute atomic E-state index is 10.6. The molecule has 0 aliphatic heterocycles. The predicted molar refractivity (Wildman–Crippen MR) is 128 cm³/mol. The van der Waals surface area contributed by atoms with Crippen LogP contribution in [0.25, 0.3) is 0 Å². The first-order valence-electron chi connectivity index (χ1n) is 13.4. The molecule has 0 unspecified atom stereocenters. The lowest BCUT2D eigenvalue weighted by Gasteiger charge is -2.66. The average Bonchev–Trinajstić information content (AvgIpc) is 2.96. The minimum Gasteiger partial charge on any atom is -0.393 e. The highest BCUT2D eigenvalue weighted by molar-refractivity contribution is 5.15. The third-order valence-electron chi connectivity index (χ3n) is 11.9. The Kier molecular flexibility index (Phi) is 6.05. The molecule has 1 nitrogen and oxygen atoms in total. The summed E-state index contributed by atoms with van der Waals surface area (Å²) in [6.45, 7) is 17.5. The van der Waals surface area contributed by atoms with E-state index in [-0.39, 0.29) is 6.10 Å². The first kappa shape index (κ1) is 22.9. The van der Waals surface area contributed by atoms with E-state index in [1.54, 1.807) is 0 Å². The third-order valence-corrected chi connectivity index (χ3v) is 11.9. The van der Waals surface area contributed by atoms with Crippen molar-refractivity contribution in [3.63, 3.8) is 0 Å². The Morgan fingerprint density at radius 2 is 1.57 bits per heavy atom. The summed E-state index contributed by atoms with van der Waals surface area (Å²) in [5.41, 5.74) is 3.00. The largest absolute Gasteiger partial charge is 0.393 e. The van der Waals surface area contributed by atoms with Gasteiger partial charge in [-0.05, 0) is 130 Å². The van der Waals surface area contributed by atoms with Crippen molar-refractivity contribution < 1.29 is 5.11 Å². The van der Waals surface area contributed by atoms with E-state index in [2.05, 4.69) is 54.5 Å². The topological polar surface area (TPSA) is 20.2 Å². The van der Waals surface area contributed by atoms with Crippen LogP contribution in [0.3, 0.4) is 0 Å². The number of hydrogen-bond donors (Lipinski definition) is 1. The smallest absolute Gasteiger partial charge is 0.0568 e. The monoisotopic (exact) mass is 414 g/mol. The fourth-order valence-corrected chi connectivity index (χ4v) is 9.91. The van der Waals surface area contributed by atoms with Crippen molar-refractivity contribution in [3.05, 3.63) is 11.6 Å². The van der Waals surface area contributed by atoms with Crippen molar-refractivity contribution in [2.24, 2.45) is 51.8 Å². The molecule has 4 aliphatic rings. The summed E-state index contributed by atoms with van der Waals surface area (Å²) in [4.78, 5) is 0. The van der Waals surface area contributed by atoms with Crippen LogP contribution in [-0.2, 0) is 0 Å². The van der Waals surface area contributed by atoms with Gasteiger partial charge in [0.05, 0.1) is 6.10 Å². The molecule has 1 N–H and O–H groups in total. The molecule has 0 radical (unpaired) electrons. The molecule has 0 bridgehead atoms. The third kappa shape index (κ3) is 3.27. The van der Waals surface area contributed by atoms with Gasteiger partial charge in [0.1, 0.15) is 0 Å². The Hall–Kier alpha value is -0.300. The Balaban J connectivity index is 1.56. The van der Waals surface area contributed by atoms with E-state index in [0.29, 0.717) is 22.2 Å². The molecule has 0 amide bonds. The highest BCUT2D eigenvalue weighted by Crippen LogP contribution is 2.73. The summed E-state index contributed by atoms with van der Waals surface area (Å²) in [6, 6.07) is 0. The van der Waals surface area contributed by atoms with Gasteiger partial charge in [0.15, 0.2) is 0 Å². The SMILES string of the molecule is CC(C)=CCC[C@@H](C)[C@H]1CC[C@@]2(C)[C@@H]3CC[C@H]4[C@H](C)[C@@H](O)CC[C@]4(C)[C@H]3CC[C@]12C. The van der Waals surface area contributed by atoms with Crippen LogP contribution < -0.4 is 0 Å². The van der Waals surface area contributed by atoms with Crippen molar-refractivity contribution in [1.29, 1.82) is 0 Å². The summed E-state index contributed by atoms with van der Waals surface area (Å²) < 4.78 is 0. The number of allylic oxidation sites excluding steroid dienone is 2. The number of aliphatic hydroxyl groups excluding tert-OH is 1. The fraction of sp³-hybridized carbons (Fsp3) is 0.931. The Labute approximate surface area is 187 Å². The van der Waals surface area contributed by atoms with Gasteiger partial charge in [0, 0.05) is 0 Å². The van der Waals surface area contributed by atoms with Crippen LogP contribution in [0.4, 0.5) is 0 Å². The maximum Gasteiger partial charge on any atom is 0.0568 e. The second-order valence-corrected chi connectivity index (χ2v) is 13.2. The first-order chi connectivity index (χ1) is 14.0. The molecular weight excluding hydrogens is 364 g/mol. The van der Waals surface area contributed by atoms with Crippen LogP contribution in [0.5, 0.6) is 0 Å². The predicted octanol–water partition coefficient (Wildman–Crippen LogP) is 8.02. The van der Waals surface area contributed by atoms with Crippen LogP contribution in [0, 0.1) is 51.8 Å². The van der Waals surface area contributed by atoms with Gasteiger partial charge >= 0.3 is 0 Å². The Morgan fingerprint density at radius 1 is 0.900 bits per heavy atom. The average molecular weight is 415 g/mol. The number of aliphatic hydroxyl groups is 1. The lowest BCUT2D eigenvalue weighted by atomic mass is 9.39. The van der Waals surface area contributed by atoms with Gasteiger partial charge in [0.25, 0.3) is 0 Å². The number of rotatable bonds is 4. The molecule has 4 fully saturated rings. The summed E-state index contributed by atoms with van der Waals surface area (Å²) >= 11 is 0. The zero-order valence-electron chi connectivity index (χ0n) is 21.1. The van der Waals surface area contributed by atoms with Crippen LogP contribution in [0.15, 0.2) is 11.6 Å². The second-order valence-electron chi connectivity index (χ2n) is 13.2. The molecule has 0 aromatic heterocycles. The van der Waals surface area contributed by atoms with Gasteiger partial charge in [0.2, 0.25) is 0 Å². The molecular formula is C29H50O. The second kappa shape index (κ2) is 7.93. The van der Waals surface area contributed by atoms with Crippen LogP contribution in [-0.4, -0.2) is 11.2 Å². The first-order valence-corrected chi connectivity index (χ1v) is 13.4. The van der Waals surface area contributed by atoms with Crippen LogP contribution in [0.1, 0.15) is 113 Å². The molecule has 0 aromatic carbocycles. The summed E-state index contributed by atoms with van der Waals surface area (Å²) in [7, 11) is 0. The molecule has 10 atom stereocenters. The molecule has 172 valence electrons. The van der Waals surface area contributed by atoms with E-state index in [1.807, 2.05) is 0 Å². The summed E-state index contributed by atoms with van der Waals surface area (Å²) in [5.74, 6) is 4.80. The van der Waals surface area contributed by atoms with Gasteiger partial charge in [-0.3, -0.25) is 0 Å². The molecule has 0 saturated heterocycles. The standard InChI is InChI=1S/C29H50O/c1-19(2)9-8-10-20(3)22-13-17-29(7)25-12-11-23-21(4)26(30)15-16-27(23,5)24(25)14-18-28(22,29)6/h9,20-26,30H,8,10-18H2,1-7H3/t20-,21+,22-,23+,24+,25-,26+,27+,28-,29+/m1/s1. The van der Waals surface area contributed by atoms with Crippen molar-refractivity contribution in [2.75, 3.05) is 0 Å². The maximum atomic E-state index is 10.6. The van der Waals surface area contributed by atoms with Gasteiger partial charge in [-0.1, -0.05) is 46.3 Å². The minimum atomic E-state index is -0.0541. The quantitative estimate of drug-likeness (QED) is 0.462. The van der Waals surface area contributed by atoms with Gasteiger partial charge < -0.3 is 5.11 Å². The fourth-order valence-electron chi connectivity index (χ4n) is 9.91. The van der Waals surface area contributed by atoms with Crippen molar-refractivity contribution in [2.45, 2.75) is 119 Å². The zero-order valence-corrected chi connectivity index (χ0v) is 21.1. The van der Waals surface area contributed by atoms with E-state index < -0.39 is 0 Å². The van der Waals surface area contributed by atoms with Gasteiger partial charge in [-0.15, -0.1) is 0 Å². The lowest BCUT2D eigenvalue weighted by Crippen LogP contribution is -2.59. The molecule has 4 aliphatic carbocycles. The highest BCUT2D eigenvalue weighted by atomic mass is 16.3. The molecule has 0 aromatic rings. The van der Waals surface area contributed by atoms with Crippen molar-refractivity contribution in [3.8, 4) is 0 Å².